The minimum atomic E-state index is -2.25. The summed E-state index contributed by atoms with van der Waals surface area (Å²) in [7, 11) is 0. The van der Waals surface area contributed by atoms with E-state index in [4.69, 9.17) is 9.47 Å². The van der Waals surface area contributed by atoms with Crippen LogP contribution in [0.3, 0.4) is 0 Å². The van der Waals surface area contributed by atoms with Gasteiger partial charge in [-0.2, -0.15) is 8.78 Å². The van der Waals surface area contributed by atoms with Crippen LogP contribution in [0.4, 0.5) is 22.0 Å². The van der Waals surface area contributed by atoms with Crippen molar-refractivity contribution in [1.82, 2.24) is 0 Å². The maximum absolute atomic E-state index is 14.3. The lowest BCUT2D eigenvalue weighted by molar-refractivity contribution is 0.0730. The molecule has 0 heterocycles. The quantitative estimate of drug-likeness (QED) is 0.290. The van der Waals surface area contributed by atoms with E-state index in [0.717, 1.165) is 24.3 Å². The molecule has 0 aliphatic rings. The van der Waals surface area contributed by atoms with Gasteiger partial charge in [-0.25, -0.2) is 18.0 Å². The molecule has 3 nitrogen and oxygen atoms in total. The Hall–Kier alpha value is -3.42. The second kappa shape index (κ2) is 8.30. The number of hydrogen-bond donors (Lipinski definition) is 0. The standard InChI is InChI=1S/C21H13F5O3/c1-2-28-12-3-6-15(18(23)9-12)21(27)29-13-4-5-14-11(7-13)8-17(22)16(20(14)26)10-19(24)25/h3-10H,2H2,1H3. The predicted octanol–water partition coefficient (Wildman–Crippen LogP) is 6.11. The molecule has 0 N–H and O–H groups in total. The molecule has 0 atom stereocenters. The Bertz CT molecular complexity index is 1120. The van der Waals surface area contributed by atoms with Crippen molar-refractivity contribution in [2.75, 3.05) is 6.61 Å². The van der Waals surface area contributed by atoms with Crippen LogP contribution < -0.4 is 9.47 Å². The van der Waals surface area contributed by atoms with Gasteiger partial charge in [0.15, 0.2) is 0 Å². The van der Waals surface area contributed by atoms with E-state index >= 15 is 0 Å². The number of ether oxygens (including phenoxy) is 2. The third-order valence-corrected chi connectivity index (χ3v) is 3.97. The lowest BCUT2D eigenvalue weighted by Crippen LogP contribution is -2.11. The van der Waals surface area contributed by atoms with Gasteiger partial charge in [0.25, 0.3) is 6.08 Å². The molecule has 0 radical (unpaired) electrons. The molecule has 0 spiro atoms. The van der Waals surface area contributed by atoms with Gasteiger partial charge in [-0.3, -0.25) is 0 Å². The number of halogens is 5. The lowest BCUT2D eigenvalue weighted by atomic mass is 10.0. The maximum atomic E-state index is 14.3. The minimum absolute atomic E-state index is 0.0196. The van der Waals surface area contributed by atoms with Crippen LogP contribution in [0.25, 0.3) is 16.8 Å². The summed E-state index contributed by atoms with van der Waals surface area (Å²) in [5.74, 6) is -4.12. The molecule has 3 rings (SSSR count). The van der Waals surface area contributed by atoms with Gasteiger partial charge in [-0.1, -0.05) is 0 Å². The van der Waals surface area contributed by atoms with E-state index in [1.807, 2.05) is 0 Å². The maximum Gasteiger partial charge on any atom is 0.346 e. The van der Waals surface area contributed by atoms with Crippen molar-refractivity contribution >= 4 is 22.8 Å². The van der Waals surface area contributed by atoms with E-state index in [0.29, 0.717) is 6.61 Å². The van der Waals surface area contributed by atoms with Gasteiger partial charge < -0.3 is 9.47 Å². The number of carbonyl (C=O) groups excluding carboxylic acids is 1. The van der Waals surface area contributed by atoms with Crippen LogP contribution in [0, 0.1) is 17.5 Å². The molecule has 29 heavy (non-hydrogen) atoms. The molecule has 0 amide bonds. The lowest BCUT2D eigenvalue weighted by Gasteiger charge is -2.09. The Kier molecular flexibility index (Phi) is 5.81. The van der Waals surface area contributed by atoms with Crippen molar-refractivity contribution in [3.8, 4) is 11.5 Å². The fourth-order valence-corrected chi connectivity index (χ4v) is 2.71. The summed E-state index contributed by atoms with van der Waals surface area (Å²) in [6, 6.07) is 7.93. The molecule has 0 saturated carbocycles. The average molecular weight is 408 g/mol. The highest BCUT2D eigenvalue weighted by Gasteiger charge is 2.17. The zero-order chi connectivity index (χ0) is 21.1. The third-order valence-electron chi connectivity index (χ3n) is 3.97. The molecule has 0 saturated heterocycles. The molecule has 0 bridgehead atoms. The first-order chi connectivity index (χ1) is 13.8. The second-order valence-electron chi connectivity index (χ2n) is 5.87. The fourth-order valence-electron chi connectivity index (χ4n) is 2.71. The molecule has 150 valence electrons. The van der Waals surface area contributed by atoms with E-state index in [1.54, 1.807) is 6.92 Å². The van der Waals surface area contributed by atoms with Crippen molar-refractivity contribution in [2.45, 2.75) is 6.92 Å². The third kappa shape index (κ3) is 4.37. The molecule has 8 heteroatoms. The van der Waals surface area contributed by atoms with Gasteiger partial charge in [0.2, 0.25) is 0 Å². The van der Waals surface area contributed by atoms with Crippen LogP contribution in [-0.2, 0) is 0 Å². The van der Waals surface area contributed by atoms with Crippen molar-refractivity contribution in [3.63, 3.8) is 0 Å². The molecular weight excluding hydrogens is 395 g/mol. The zero-order valence-electron chi connectivity index (χ0n) is 14.9. The van der Waals surface area contributed by atoms with Crippen molar-refractivity contribution < 1.29 is 36.2 Å². The number of benzene rings is 3. The summed E-state index contributed by atoms with van der Waals surface area (Å²) in [5, 5.41) is -0.167. The highest BCUT2D eigenvalue weighted by Crippen LogP contribution is 2.29. The average Bonchev–Trinajstić information content (AvgIpc) is 2.65. The largest absolute Gasteiger partial charge is 0.494 e. The molecule has 0 aliphatic carbocycles. The normalized spacial score (nSPS) is 10.7. The van der Waals surface area contributed by atoms with E-state index in [-0.39, 0.29) is 33.9 Å². The highest BCUT2D eigenvalue weighted by atomic mass is 19.3. The number of hydrogen-bond acceptors (Lipinski definition) is 3. The second-order valence-corrected chi connectivity index (χ2v) is 5.87. The topological polar surface area (TPSA) is 35.5 Å². The first-order valence-electron chi connectivity index (χ1n) is 8.39. The summed E-state index contributed by atoms with van der Waals surface area (Å²) in [4.78, 5) is 12.2. The van der Waals surface area contributed by atoms with Crippen LogP contribution in [0.2, 0.25) is 0 Å². The SMILES string of the molecule is CCOc1ccc(C(=O)Oc2ccc3c(F)c(C=C(F)F)c(F)cc3c2)c(F)c1. The molecule has 0 fully saturated rings. The van der Waals surface area contributed by atoms with Gasteiger partial charge in [0.05, 0.1) is 17.7 Å². The van der Waals surface area contributed by atoms with Crippen molar-refractivity contribution in [3.05, 3.63) is 77.1 Å². The van der Waals surface area contributed by atoms with Gasteiger partial charge >= 0.3 is 5.97 Å². The molecular formula is C21H13F5O3. The Balaban J connectivity index is 1.91. The Morgan fingerprint density at radius 1 is 0.966 bits per heavy atom. The Morgan fingerprint density at radius 3 is 2.34 bits per heavy atom. The van der Waals surface area contributed by atoms with Crippen molar-refractivity contribution in [2.24, 2.45) is 0 Å². The fraction of sp³-hybridized carbons (Fsp3) is 0.0952. The van der Waals surface area contributed by atoms with Gasteiger partial charge in [0.1, 0.15) is 29.0 Å². The zero-order valence-corrected chi connectivity index (χ0v) is 14.9. The summed E-state index contributed by atoms with van der Waals surface area (Å²) in [5.41, 5.74) is -1.23. The molecule has 0 aromatic heterocycles. The van der Waals surface area contributed by atoms with Crippen molar-refractivity contribution in [1.29, 1.82) is 0 Å². The monoisotopic (exact) mass is 408 g/mol. The summed E-state index contributed by atoms with van der Waals surface area (Å²) >= 11 is 0. The first-order valence-corrected chi connectivity index (χ1v) is 8.39. The minimum Gasteiger partial charge on any atom is -0.494 e. The van der Waals surface area contributed by atoms with Crippen LogP contribution in [-0.4, -0.2) is 12.6 Å². The van der Waals surface area contributed by atoms with E-state index < -0.39 is 35.1 Å². The van der Waals surface area contributed by atoms with Gasteiger partial charge in [-0.15, -0.1) is 0 Å². The van der Waals surface area contributed by atoms with Crippen LogP contribution in [0.5, 0.6) is 11.5 Å². The van der Waals surface area contributed by atoms with E-state index in [1.165, 1.54) is 18.2 Å². The van der Waals surface area contributed by atoms with Crippen LogP contribution in [0.1, 0.15) is 22.8 Å². The highest BCUT2D eigenvalue weighted by molar-refractivity contribution is 5.93. The number of fused-ring (bicyclic) bond motifs is 1. The first kappa shape index (κ1) is 20.3. The van der Waals surface area contributed by atoms with Crippen LogP contribution in [0.15, 0.2) is 48.5 Å². The van der Waals surface area contributed by atoms with E-state index in [9.17, 15) is 26.7 Å². The number of carbonyl (C=O) groups is 1. The smallest absolute Gasteiger partial charge is 0.346 e. The van der Waals surface area contributed by atoms with Gasteiger partial charge in [0, 0.05) is 17.5 Å². The summed E-state index contributed by atoms with van der Waals surface area (Å²) < 4.78 is 77.3. The predicted molar refractivity (Wildman–Crippen MR) is 96.6 cm³/mol. The molecule has 3 aromatic carbocycles. The summed E-state index contributed by atoms with van der Waals surface area (Å²) in [6.07, 6.45) is -2.16. The molecule has 0 aliphatic heterocycles. The molecule has 3 aromatic rings. The Morgan fingerprint density at radius 2 is 1.69 bits per heavy atom. The number of esters is 1. The van der Waals surface area contributed by atoms with Crippen LogP contribution >= 0.6 is 0 Å². The molecule has 0 unspecified atom stereocenters. The van der Waals surface area contributed by atoms with E-state index in [2.05, 4.69) is 0 Å². The van der Waals surface area contributed by atoms with Gasteiger partial charge in [-0.05, 0) is 48.7 Å². The Labute approximate surface area is 162 Å². The number of rotatable bonds is 5. The summed E-state index contributed by atoms with van der Waals surface area (Å²) in [6.45, 7) is 2.04.